The van der Waals surface area contributed by atoms with Gasteiger partial charge in [-0.15, -0.1) is 0 Å². The summed E-state index contributed by atoms with van der Waals surface area (Å²) in [4.78, 5) is 5.32. The zero-order chi connectivity index (χ0) is 20.5. The molecular formula is C28H32N2. The molecule has 1 saturated carbocycles. The monoisotopic (exact) mass is 396 g/mol. The van der Waals surface area contributed by atoms with Gasteiger partial charge in [0.1, 0.15) is 0 Å². The van der Waals surface area contributed by atoms with Crippen molar-refractivity contribution in [2.75, 3.05) is 18.0 Å². The molecule has 3 aromatic carbocycles. The van der Waals surface area contributed by atoms with E-state index in [0.717, 1.165) is 24.9 Å². The van der Waals surface area contributed by atoms with Crippen LogP contribution in [0.4, 0.5) is 5.69 Å². The predicted molar refractivity (Wildman–Crippen MR) is 126 cm³/mol. The molecule has 2 unspecified atom stereocenters. The topological polar surface area (TPSA) is 6.48 Å². The van der Waals surface area contributed by atoms with Gasteiger partial charge in [-0.2, -0.15) is 0 Å². The number of benzene rings is 3. The molecule has 0 radical (unpaired) electrons. The summed E-state index contributed by atoms with van der Waals surface area (Å²) >= 11 is 0. The molecule has 3 aromatic rings. The molecule has 1 aliphatic heterocycles. The average Bonchev–Trinajstić information content (AvgIpc) is 3.27. The Morgan fingerprint density at radius 1 is 0.733 bits per heavy atom. The molecule has 2 aliphatic rings. The van der Waals surface area contributed by atoms with Crippen molar-refractivity contribution in [3.05, 3.63) is 102 Å². The average molecular weight is 397 g/mol. The van der Waals surface area contributed by atoms with E-state index in [4.69, 9.17) is 0 Å². The van der Waals surface area contributed by atoms with Crippen molar-refractivity contribution in [3.8, 4) is 0 Å². The number of fused-ring (bicyclic) bond motifs is 1. The molecule has 1 saturated heterocycles. The van der Waals surface area contributed by atoms with Crippen LogP contribution in [0.25, 0.3) is 0 Å². The number of nitrogens with zero attached hydrogens (tertiary/aromatic N) is 2. The zero-order valence-electron chi connectivity index (χ0n) is 18.1. The van der Waals surface area contributed by atoms with Gasteiger partial charge in [0.15, 0.2) is 0 Å². The van der Waals surface area contributed by atoms with Crippen LogP contribution >= 0.6 is 0 Å². The van der Waals surface area contributed by atoms with E-state index in [1.807, 2.05) is 0 Å². The Balaban J connectivity index is 1.27. The lowest BCUT2D eigenvalue weighted by atomic mass is 10.0. The van der Waals surface area contributed by atoms with Gasteiger partial charge in [0.25, 0.3) is 0 Å². The van der Waals surface area contributed by atoms with Crippen LogP contribution in [0.1, 0.15) is 36.5 Å². The number of hydrogen-bond donors (Lipinski definition) is 0. The van der Waals surface area contributed by atoms with Gasteiger partial charge < -0.3 is 4.90 Å². The highest BCUT2D eigenvalue weighted by Crippen LogP contribution is 2.50. The smallest absolute Gasteiger partial charge is 0.0366 e. The van der Waals surface area contributed by atoms with Crippen LogP contribution in [0.3, 0.4) is 0 Å². The van der Waals surface area contributed by atoms with Crippen molar-refractivity contribution < 1.29 is 0 Å². The summed E-state index contributed by atoms with van der Waals surface area (Å²) in [6.07, 6.45) is 0. The van der Waals surface area contributed by atoms with Crippen LogP contribution in [0.15, 0.2) is 84.9 Å². The number of hydrogen-bond acceptors (Lipinski definition) is 2. The molecule has 0 bridgehead atoms. The van der Waals surface area contributed by atoms with E-state index in [1.54, 1.807) is 0 Å². The molecule has 2 fully saturated rings. The Morgan fingerprint density at radius 3 is 1.70 bits per heavy atom. The van der Waals surface area contributed by atoms with Crippen LogP contribution in [0.5, 0.6) is 0 Å². The normalized spacial score (nSPS) is 22.5. The second kappa shape index (κ2) is 8.28. The van der Waals surface area contributed by atoms with Crippen molar-refractivity contribution in [1.82, 2.24) is 4.90 Å². The summed E-state index contributed by atoms with van der Waals surface area (Å²) in [6, 6.07) is 31.9. The first kappa shape index (κ1) is 19.4. The summed E-state index contributed by atoms with van der Waals surface area (Å²) in [5.74, 6) is 2.18. The van der Waals surface area contributed by atoms with Crippen LogP contribution in [-0.2, 0) is 13.1 Å². The zero-order valence-corrected chi connectivity index (χ0v) is 18.1. The first-order valence-electron chi connectivity index (χ1n) is 11.4. The molecule has 0 spiro atoms. The lowest BCUT2D eigenvalue weighted by Crippen LogP contribution is -2.34. The van der Waals surface area contributed by atoms with Crippen molar-refractivity contribution in [3.63, 3.8) is 0 Å². The van der Waals surface area contributed by atoms with E-state index in [1.165, 1.54) is 35.5 Å². The Bertz CT molecular complexity index is 895. The maximum atomic E-state index is 2.72. The summed E-state index contributed by atoms with van der Waals surface area (Å²) in [6.45, 7) is 8.98. The quantitative estimate of drug-likeness (QED) is 0.487. The molecule has 1 aliphatic carbocycles. The van der Waals surface area contributed by atoms with Crippen molar-refractivity contribution in [2.24, 2.45) is 11.8 Å². The van der Waals surface area contributed by atoms with Crippen molar-refractivity contribution in [2.45, 2.75) is 38.9 Å². The molecule has 0 aromatic heterocycles. The van der Waals surface area contributed by atoms with Gasteiger partial charge in [0.2, 0.25) is 0 Å². The highest BCUT2D eigenvalue weighted by molar-refractivity contribution is 5.51. The second-order valence-electron chi connectivity index (χ2n) is 9.35. The Labute approximate surface area is 181 Å². The van der Waals surface area contributed by atoms with E-state index in [-0.39, 0.29) is 0 Å². The van der Waals surface area contributed by atoms with Gasteiger partial charge in [-0.05, 0) is 46.6 Å². The van der Waals surface area contributed by atoms with E-state index >= 15 is 0 Å². The Kier molecular flexibility index (Phi) is 5.35. The summed E-state index contributed by atoms with van der Waals surface area (Å²) in [7, 11) is 0. The van der Waals surface area contributed by atoms with E-state index in [9.17, 15) is 0 Å². The predicted octanol–water partition coefficient (Wildman–Crippen LogP) is 5.95. The summed E-state index contributed by atoms with van der Waals surface area (Å²) in [5, 5.41) is 0. The minimum absolute atomic E-state index is 0.597. The van der Waals surface area contributed by atoms with E-state index in [0.29, 0.717) is 12.0 Å². The third-order valence-electron chi connectivity index (χ3n) is 6.95. The van der Waals surface area contributed by atoms with Crippen LogP contribution < -0.4 is 4.90 Å². The highest BCUT2D eigenvalue weighted by Gasteiger charge is 2.58. The third kappa shape index (κ3) is 4.02. The van der Waals surface area contributed by atoms with Crippen LogP contribution in [0.2, 0.25) is 0 Å². The standard InChI is InChI=1S/C28H32N2/c1-21(2)24-13-15-25(16-14-24)29-19-26-27(20-29)28(26)30(17-22-9-5-3-6-10-22)18-23-11-7-4-8-12-23/h3-16,21,26-28H,17-20H2,1-2H3. The number of anilines is 1. The molecule has 154 valence electrons. The van der Waals surface area contributed by atoms with Crippen molar-refractivity contribution in [1.29, 1.82) is 0 Å². The number of piperidine rings is 1. The van der Waals surface area contributed by atoms with Crippen molar-refractivity contribution >= 4 is 5.69 Å². The maximum absolute atomic E-state index is 2.72. The fraction of sp³-hybridized carbons (Fsp3) is 0.357. The van der Waals surface area contributed by atoms with Gasteiger partial charge in [0, 0.05) is 37.9 Å². The van der Waals surface area contributed by atoms with Gasteiger partial charge in [-0.25, -0.2) is 0 Å². The minimum atomic E-state index is 0.597. The minimum Gasteiger partial charge on any atom is -0.371 e. The maximum Gasteiger partial charge on any atom is 0.0366 e. The molecule has 2 atom stereocenters. The Morgan fingerprint density at radius 2 is 1.23 bits per heavy atom. The highest BCUT2D eigenvalue weighted by atomic mass is 15.3. The van der Waals surface area contributed by atoms with Gasteiger partial charge in [-0.1, -0.05) is 86.6 Å². The fourth-order valence-corrected chi connectivity index (χ4v) is 5.22. The van der Waals surface area contributed by atoms with E-state index < -0.39 is 0 Å². The SMILES string of the molecule is CC(C)c1ccc(N2CC3C(C2)C3N(Cc2ccccc2)Cc2ccccc2)cc1. The molecule has 2 nitrogen and oxygen atoms in total. The second-order valence-corrected chi connectivity index (χ2v) is 9.35. The third-order valence-corrected chi connectivity index (χ3v) is 6.95. The molecule has 2 heteroatoms. The van der Waals surface area contributed by atoms with Gasteiger partial charge in [-0.3, -0.25) is 4.90 Å². The molecule has 0 amide bonds. The molecule has 1 heterocycles. The van der Waals surface area contributed by atoms with Crippen LogP contribution in [0, 0.1) is 11.8 Å². The first-order chi connectivity index (χ1) is 14.7. The fourth-order valence-electron chi connectivity index (χ4n) is 5.22. The lowest BCUT2D eigenvalue weighted by Gasteiger charge is -2.29. The summed E-state index contributed by atoms with van der Waals surface area (Å²) < 4.78 is 0. The molecule has 0 N–H and O–H groups in total. The Hall–Kier alpha value is -2.58. The lowest BCUT2D eigenvalue weighted by molar-refractivity contribution is 0.222. The molecule has 30 heavy (non-hydrogen) atoms. The molecular weight excluding hydrogens is 364 g/mol. The summed E-state index contributed by atoms with van der Waals surface area (Å²) in [5.41, 5.74) is 5.65. The van der Waals surface area contributed by atoms with Gasteiger partial charge in [0.05, 0.1) is 0 Å². The van der Waals surface area contributed by atoms with E-state index in [2.05, 4.69) is 109 Å². The largest absolute Gasteiger partial charge is 0.371 e. The van der Waals surface area contributed by atoms with Crippen LogP contribution in [-0.4, -0.2) is 24.0 Å². The van der Waals surface area contributed by atoms with Gasteiger partial charge >= 0.3 is 0 Å². The number of rotatable bonds is 7. The molecule has 5 rings (SSSR count). The first-order valence-corrected chi connectivity index (χ1v) is 11.4.